The van der Waals surface area contributed by atoms with Crippen LogP contribution in [0.25, 0.3) is 0 Å². The summed E-state index contributed by atoms with van der Waals surface area (Å²) in [6.07, 6.45) is 0. The fourth-order valence-corrected chi connectivity index (χ4v) is 3.20. The molecule has 156 valence electrons. The van der Waals surface area contributed by atoms with Gasteiger partial charge in [-0.1, -0.05) is 12.1 Å². The lowest BCUT2D eigenvalue weighted by Gasteiger charge is -2.25. The van der Waals surface area contributed by atoms with Crippen molar-refractivity contribution in [1.29, 1.82) is 0 Å². The van der Waals surface area contributed by atoms with Crippen LogP contribution in [-0.2, 0) is 13.2 Å². The van der Waals surface area contributed by atoms with E-state index in [2.05, 4.69) is 0 Å². The Morgan fingerprint density at radius 2 is 1.87 bits per heavy atom. The quantitative estimate of drug-likeness (QED) is 0.576. The number of rotatable bonds is 7. The van der Waals surface area contributed by atoms with Gasteiger partial charge in [-0.15, -0.1) is 0 Å². The van der Waals surface area contributed by atoms with Gasteiger partial charge in [0.1, 0.15) is 37.1 Å². The molecule has 0 atom stereocenters. The van der Waals surface area contributed by atoms with Crippen LogP contribution in [0.5, 0.6) is 17.2 Å². The molecule has 0 N–H and O–H groups in total. The van der Waals surface area contributed by atoms with Crippen LogP contribution in [0.1, 0.15) is 28.8 Å². The van der Waals surface area contributed by atoms with Crippen LogP contribution in [0.4, 0.5) is 4.39 Å². The lowest BCUT2D eigenvalue weighted by atomic mass is 10.1. The van der Waals surface area contributed by atoms with Crippen LogP contribution in [-0.4, -0.2) is 30.6 Å². The van der Waals surface area contributed by atoms with Gasteiger partial charge >= 0.3 is 0 Å². The number of hydrogen-bond donors (Lipinski definition) is 0. The van der Waals surface area contributed by atoms with Gasteiger partial charge in [-0.05, 0) is 49.4 Å². The van der Waals surface area contributed by atoms with Crippen molar-refractivity contribution >= 4 is 5.91 Å². The molecule has 0 aliphatic carbocycles. The van der Waals surface area contributed by atoms with E-state index in [1.807, 2.05) is 25.1 Å². The highest BCUT2D eigenvalue weighted by Gasteiger charge is 2.22. The lowest BCUT2D eigenvalue weighted by Crippen LogP contribution is -2.30. The number of benzene rings is 2. The van der Waals surface area contributed by atoms with E-state index in [1.54, 1.807) is 17.0 Å². The van der Waals surface area contributed by atoms with Crippen molar-refractivity contribution in [3.63, 3.8) is 0 Å². The standard InChI is InChI=1S/C23H22FNO5/c1-2-25(14-16-4-3-5-20-22(16)28-13-12-27-20)23(26)21-11-10-19(30-21)15-29-18-8-6-17(24)7-9-18/h3-11H,2,12-15H2,1H3. The van der Waals surface area contributed by atoms with Crippen molar-refractivity contribution in [1.82, 2.24) is 4.90 Å². The average molecular weight is 411 g/mol. The Bertz CT molecular complexity index is 1010. The molecule has 0 spiro atoms. The summed E-state index contributed by atoms with van der Waals surface area (Å²) in [5, 5.41) is 0. The average Bonchev–Trinajstić information content (AvgIpc) is 3.26. The number of furan rings is 1. The van der Waals surface area contributed by atoms with E-state index < -0.39 is 0 Å². The van der Waals surface area contributed by atoms with E-state index in [1.165, 1.54) is 24.3 Å². The van der Waals surface area contributed by atoms with Gasteiger partial charge in [-0.3, -0.25) is 4.79 Å². The third kappa shape index (κ3) is 4.40. The van der Waals surface area contributed by atoms with E-state index in [4.69, 9.17) is 18.6 Å². The number of nitrogens with zero attached hydrogens (tertiary/aromatic N) is 1. The van der Waals surface area contributed by atoms with Crippen LogP contribution in [0.15, 0.2) is 59.0 Å². The summed E-state index contributed by atoms with van der Waals surface area (Å²) in [6, 6.07) is 14.7. The van der Waals surface area contributed by atoms with Gasteiger partial charge in [-0.25, -0.2) is 4.39 Å². The maximum Gasteiger partial charge on any atom is 0.289 e. The summed E-state index contributed by atoms with van der Waals surface area (Å²) in [6.45, 7) is 3.94. The second kappa shape index (κ2) is 8.90. The Labute approximate surface area is 173 Å². The van der Waals surface area contributed by atoms with E-state index in [0.717, 1.165) is 5.56 Å². The van der Waals surface area contributed by atoms with Crippen molar-refractivity contribution in [2.24, 2.45) is 0 Å². The summed E-state index contributed by atoms with van der Waals surface area (Å²) in [5.74, 6) is 2.09. The zero-order chi connectivity index (χ0) is 20.9. The summed E-state index contributed by atoms with van der Waals surface area (Å²) in [7, 11) is 0. The summed E-state index contributed by atoms with van der Waals surface area (Å²) >= 11 is 0. The Morgan fingerprint density at radius 3 is 2.67 bits per heavy atom. The molecule has 0 radical (unpaired) electrons. The van der Waals surface area contributed by atoms with Gasteiger partial charge in [0.25, 0.3) is 5.91 Å². The maximum atomic E-state index is 13.0. The molecule has 2 aromatic carbocycles. The lowest BCUT2D eigenvalue weighted by molar-refractivity contribution is 0.0713. The van der Waals surface area contributed by atoms with Crippen LogP contribution in [0, 0.1) is 5.82 Å². The van der Waals surface area contributed by atoms with Gasteiger partial charge in [-0.2, -0.15) is 0 Å². The molecule has 0 saturated carbocycles. The van der Waals surface area contributed by atoms with Gasteiger partial charge < -0.3 is 23.5 Å². The fraction of sp³-hybridized carbons (Fsp3) is 0.261. The van der Waals surface area contributed by atoms with Crippen molar-refractivity contribution in [3.8, 4) is 17.2 Å². The number of carbonyl (C=O) groups is 1. The molecule has 6 nitrogen and oxygen atoms in total. The third-order valence-electron chi connectivity index (χ3n) is 4.75. The molecular weight excluding hydrogens is 389 g/mol. The minimum atomic E-state index is -0.329. The van der Waals surface area contributed by atoms with Crippen LogP contribution in [0.3, 0.4) is 0 Å². The minimum absolute atomic E-state index is 0.141. The molecular formula is C23H22FNO5. The molecule has 2 heterocycles. The Kier molecular flexibility index (Phi) is 5.88. The highest BCUT2D eigenvalue weighted by Crippen LogP contribution is 2.34. The number of amides is 1. The highest BCUT2D eigenvalue weighted by molar-refractivity contribution is 5.91. The molecule has 1 aliphatic rings. The number of ether oxygens (including phenoxy) is 3. The molecule has 0 bridgehead atoms. The molecule has 30 heavy (non-hydrogen) atoms. The molecule has 4 rings (SSSR count). The molecule has 1 aromatic heterocycles. The molecule has 3 aromatic rings. The van der Waals surface area contributed by atoms with Crippen molar-refractivity contribution in [3.05, 3.63) is 77.5 Å². The monoisotopic (exact) mass is 411 g/mol. The molecule has 1 aliphatic heterocycles. The number of halogens is 1. The SMILES string of the molecule is CCN(Cc1cccc2c1OCCO2)C(=O)c1ccc(COc2ccc(F)cc2)o1. The van der Waals surface area contributed by atoms with Crippen molar-refractivity contribution < 1.29 is 27.8 Å². The minimum Gasteiger partial charge on any atom is -0.486 e. The Morgan fingerprint density at radius 1 is 1.07 bits per heavy atom. The number of carbonyl (C=O) groups excluding carboxylic acids is 1. The predicted octanol–water partition coefficient (Wildman–Crippen LogP) is 4.43. The second-order valence-corrected chi connectivity index (χ2v) is 6.77. The zero-order valence-corrected chi connectivity index (χ0v) is 16.6. The molecule has 7 heteroatoms. The fourth-order valence-electron chi connectivity index (χ4n) is 3.20. The van der Waals surface area contributed by atoms with E-state index >= 15 is 0 Å². The van der Waals surface area contributed by atoms with Gasteiger partial charge in [0.15, 0.2) is 17.3 Å². The normalized spacial score (nSPS) is 12.5. The smallest absolute Gasteiger partial charge is 0.289 e. The van der Waals surface area contributed by atoms with E-state index in [-0.39, 0.29) is 24.1 Å². The van der Waals surface area contributed by atoms with Gasteiger partial charge in [0, 0.05) is 18.7 Å². The second-order valence-electron chi connectivity index (χ2n) is 6.77. The Balaban J connectivity index is 1.42. The topological polar surface area (TPSA) is 61.1 Å². The van der Waals surface area contributed by atoms with Crippen LogP contribution < -0.4 is 14.2 Å². The van der Waals surface area contributed by atoms with E-state index in [9.17, 15) is 9.18 Å². The predicted molar refractivity (Wildman–Crippen MR) is 107 cm³/mol. The molecule has 0 saturated heterocycles. The largest absolute Gasteiger partial charge is 0.486 e. The first-order valence-electron chi connectivity index (χ1n) is 9.78. The molecule has 0 fully saturated rings. The first-order chi connectivity index (χ1) is 14.6. The van der Waals surface area contributed by atoms with E-state index in [0.29, 0.717) is 49.3 Å². The summed E-state index contributed by atoms with van der Waals surface area (Å²) in [4.78, 5) is 14.6. The van der Waals surface area contributed by atoms with Gasteiger partial charge in [0.2, 0.25) is 0 Å². The zero-order valence-electron chi connectivity index (χ0n) is 16.6. The third-order valence-corrected chi connectivity index (χ3v) is 4.75. The number of hydrogen-bond acceptors (Lipinski definition) is 5. The first-order valence-corrected chi connectivity index (χ1v) is 9.78. The van der Waals surface area contributed by atoms with Gasteiger partial charge in [0.05, 0.1) is 0 Å². The van der Waals surface area contributed by atoms with Crippen LogP contribution >= 0.6 is 0 Å². The molecule has 0 unspecified atom stereocenters. The Hall–Kier alpha value is -3.48. The van der Waals surface area contributed by atoms with Crippen molar-refractivity contribution in [2.45, 2.75) is 20.1 Å². The highest BCUT2D eigenvalue weighted by atomic mass is 19.1. The first kappa shape index (κ1) is 19.8. The number of para-hydroxylation sites is 1. The summed E-state index contributed by atoms with van der Waals surface area (Å²) < 4.78 is 35.6. The van der Waals surface area contributed by atoms with Crippen LogP contribution in [0.2, 0.25) is 0 Å². The molecule has 1 amide bonds. The summed E-state index contributed by atoms with van der Waals surface area (Å²) in [5.41, 5.74) is 0.883. The van der Waals surface area contributed by atoms with Crippen molar-refractivity contribution in [2.75, 3.05) is 19.8 Å². The maximum absolute atomic E-state index is 13.0. The number of fused-ring (bicyclic) bond motifs is 1.